The molecule has 11 heteroatoms. The van der Waals surface area contributed by atoms with Crippen LogP contribution in [0.25, 0.3) is 0 Å². The van der Waals surface area contributed by atoms with Crippen molar-refractivity contribution in [3.63, 3.8) is 0 Å². The number of amides is 1. The molecule has 0 fully saturated rings. The Morgan fingerprint density at radius 3 is 2.40 bits per heavy atom. The molecule has 0 saturated carbocycles. The van der Waals surface area contributed by atoms with Gasteiger partial charge in [0.15, 0.2) is 0 Å². The molecule has 4 N–H and O–H groups in total. The number of benzene rings is 1. The van der Waals surface area contributed by atoms with Gasteiger partial charge in [0.1, 0.15) is 23.8 Å². The molecule has 2 aromatic heterocycles. The lowest BCUT2D eigenvalue weighted by Crippen LogP contribution is -2.29. The molecule has 0 aliphatic carbocycles. The van der Waals surface area contributed by atoms with Crippen molar-refractivity contribution in [3.05, 3.63) is 61.1 Å². The summed E-state index contributed by atoms with van der Waals surface area (Å²) in [6, 6.07) is 13.1. The minimum atomic E-state index is -3.66. The number of carbonyl (C=O) groups excluding carboxylic acids is 1. The van der Waals surface area contributed by atoms with Crippen molar-refractivity contribution in [2.75, 3.05) is 29.0 Å². The van der Waals surface area contributed by atoms with Gasteiger partial charge in [-0.25, -0.2) is 28.1 Å². The van der Waals surface area contributed by atoms with Crippen LogP contribution in [0.5, 0.6) is 0 Å². The third kappa shape index (κ3) is 6.22. The first-order valence-electron chi connectivity index (χ1n) is 9.04. The number of anilines is 4. The van der Waals surface area contributed by atoms with E-state index in [-0.39, 0.29) is 17.3 Å². The number of carbonyl (C=O) groups is 1. The molecule has 0 bridgehead atoms. The van der Waals surface area contributed by atoms with Crippen molar-refractivity contribution in [2.24, 2.45) is 0 Å². The number of nitrogens with zero attached hydrogens (tertiary/aromatic N) is 3. The third-order valence-corrected chi connectivity index (χ3v) is 5.27. The topological polar surface area (TPSA) is 138 Å². The Labute approximate surface area is 174 Å². The summed E-state index contributed by atoms with van der Waals surface area (Å²) in [5.41, 5.74) is 0.530. The molecular formula is C19H21N7O3S. The molecule has 0 aliphatic rings. The highest BCUT2D eigenvalue weighted by Crippen LogP contribution is 2.15. The fourth-order valence-corrected chi connectivity index (χ4v) is 3.50. The van der Waals surface area contributed by atoms with Crippen LogP contribution >= 0.6 is 0 Å². The second-order valence-corrected chi connectivity index (χ2v) is 7.93. The largest absolute Gasteiger partial charge is 0.369 e. The van der Waals surface area contributed by atoms with E-state index in [0.29, 0.717) is 29.7 Å². The van der Waals surface area contributed by atoms with E-state index in [4.69, 9.17) is 0 Å². The first kappa shape index (κ1) is 21.1. The standard InChI is InChI=1S/C19H21N7O3S/c1-14(27)25-15-5-7-16(8-6-15)30(28,29)24-11-10-21-18-12-19(23-13-22-18)26-17-4-2-3-9-20-17/h2-9,12-13,24H,10-11H2,1H3,(H,25,27)(H2,20,21,22,23,26). The van der Waals surface area contributed by atoms with Crippen molar-refractivity contribution < 1.29 is 13.2 Å². The van der Waals surface area contributed by atoms with Gasteiger partial charge in [-0.3, -0.25) is 4.79 Å². The van der Waals surface area contributed by atoms with Crippen LogP contribution in [-0.2, 0) is 14.8 Å². The van der Waals surface area contributed by atoms with Gasteiger partial charge in [0, 0.05) is 38.0 Å². The number of pyridine rings is 1. The predicted molar refractivity (Wildman–Crippen MR) is 114 cm³/mol. The van der Waals surface area contributed by atoms with Gasteiger partial charge in [0.05, 0.1) is 4.90 Å². The smallest absolute Gasteiger partial charge is 0.240 e. The number of hydrogen-bond donors (Lipinski definition) is 4. The monoisotopic (exact) mass is 427 g/mol. The van der Waals surface area contributed by atoms with E-state index in [1.165, 1.54) is 37.5 Å². The van der Waals surface area contributed by atoms with Gasteiger partial charge >= 0.3 is 0 Å². The van der Waals surface area contributed by atoms with E-state index in [9.17, 15) is 13.2 Å². The van der Waals surface area contributed by atoms with Crippen LogP contribution in [0.15, 0.2) is 66.0 Å². The molecule has 3 rings (SSSR count). The number of rotatable bonds is 9. The number of sulfonamides is 1. The minimum Gasteiger partial charge on any atom is -0.369 e. The summed E-state index contributed by atoms with van der Waals surface area (Å²) in [6.07, 6.45) is 3.07. The molecule has 2 heterocycles. The lowest BCUT2D eigenvalue weighted by molar-refractivity contribution is -0.114. The van der Waals surface area contributed by atoms with Gasteiger partial charge < -0.3 is 16.0 Å². The normalized spacial score (nSPS) is 11.0. The van der Waals surface area contributed by atoms with Crippen LogP contribution in [-0.4, -0.2) is 42.4 Å². The van der Waals surface area contributed by atoms with Crippen LogP contribution in [0.3, 0.4) is 0 Å². The molecule has 0 spiro atoms. The second kappa shape index (κ2) is 9.76. The predicted octanol–water partition coefficient (Wildman–Crippen LogP) is 1.96. The minimum absolute atomic E-state index is 0.112. The van der Waals surface area contributed by atoms with Crippen LogP contribution in [0, 0.1) is 0 Å². The van der Waals surface area contributed by atoms with E-state index in [1.54, 1.807) is 12.3 Å². The summed E-state index contributed by atoms with van der Waals surface area (Å²) in [6.45, 7) is 1.86. The van der Waals surface area contributed by atoms with Gasteiger partial charge in [-0.15, -0.1) is 0 Å². The summed E-state index contributed by atoms with van der Waals surface area (Å²) in [7, 11) is -3.66. The highest BCUT2D eigenvalue weighted by Gasteiger charge is 2.13. The van der Waals surface area contributed by atoms with Crippen LogP contribution in [0.1, 0.15) is 6.92 Å². The molecular weight excluding hydrogens is 406 g/mol. The average Bonchev–Trinajstić information content (AvgIpc) is 2.72. The lowest BCUT2D eigenvalue weighted by Gasteiger charge is -2.10. The van der Waals surface area contributed by atoms with Crippen LogP contribution < -0.4 is 20.7 Å². The fraction of sp³-hybridized carbons (Fsp3) is 0.158. The molecule has 10 nitrogen and oxygen atoms in total. The van der Waals surface area contributed by atoms with Crippen LogP contribution in [0.4, 0.5) is 23.1 Å². The Hall–Kier alpha value is -3.57. The molecule has 0 radical (unpaired) electrons. The highest BCUT2D eigenvalue weighted by atomic mass is 32.2. The van der Waals surface area contributed by atoms with E-state index in [0.717, 1.165) is 0 Å². The molecule has 3 aromatic rings. The quantitative estimate of drug-likeness (QED) is 0.380. The van der Waals surface area contributed by atoms with Gasteiger partial charge in [-0.1, -0.05) is 6.07 Å². The van der Waals surface area contributed by atoms with Crippen LogP contribution in [0.2, 0.25) is 0 Å². The van der Waals surface area contributed by atoms with Gasteiger partial charge in [0.25, 0.3) is 0 Å². The maximum Gasteiger partial charge on any atom is 0.240 e. The van der Waals surface area contributed by atoms with Crippen molar-refractivity contribution >= 4 is 39.1 Å². The number of nitrogens with one attached hydrogen (secondary N) is 4. The Morgan fingerprint density at radius 2 is 1.70 bits per heavy atom. The Balaban J connectivity index is 1.50. The number of hydrogen-bond acceptors (Lipinski definition) is 8. The van der Waals surface area contributed by atoms with Crippen molar-refractivity contribution in [2.45, 2.75) is 11.8 Å². The van der Waals surface area contributed by atoms with Gasteiger partial charge in [-0.05, 0) is 36.4 Å². The Bertz CT molecular complexity index is 1090. The van der Waals surface area contributed by atoms with E-state index < -0.39 is 10.0 Å². The van der Waals surface area contributed by atoms with Crippen molar-refractivity contribution in [1.29, 1.82) is 0 Å². The maximum atomic E-state index is 12.4. The maximum absolute atomic E-state index is 12.4. The SMILES string of the molecule is CC(=O)Nc1ccc(S(=O)(=O)NCCNc2cc(Nc3ccccn3)ncn2)cc1. The molecule has 0 atom stereocenters. The lowest BCUT2D eigenvalue weighted by atomic mass is 10.3. The Kier molecular flexibility index (Phi) is 6.88. The molecule has 1 aromatic carbocycles. The molecule has 0 unspecified atom stereocenters. The average molecular weight is 427 g/mol. The first-order chi connectivity index (χ1) is 14.4. The van der Waals surface area contributed by atoms with Crippen molar-refractivity contribution in [3.8, 4) is 0 Å². The summed E-state index contributed by atoms with van der Waals surface area (Å²) in [4.78, 5) is 23.5. The second-order valence-electron chi connectivity index (χ2n) is 6.16. The zero-order valence-electron chi connectivity index (χ0n) is 16.2. The fourth-order valence-electron chi connectivity index (χ4n) is 2.47. The summed E-state index contributed by atoms with van der Waals surface area (Å²) >= 11 is 0. The zero-order valence-corrected chi connectivity index (χ0v) is 17.0. The van der Waals surface area contributed by atoms with E-state index >= 15 is 0 Å². The summed E-state index contributed by atoms with van der Waals surface area (Å²) < 4.78 is 27.2. The summed E-state index contributed by atoms with van der Waals surface area (Å²) in [5, 5.41) is 8.68. The third-order valence-electron chi connectivity index (χ3n) is 3.80. The molecule has 0 aliphatic heterocycles. The molecule has 30 heavy (non-hydrogen) atoms. The van der Waals surface area contributed by atoms with Gasteiger partial charge in [0.2, 0.25) is 15.9 Å². The molecule has 0 saturated heterocycles. The highest BCUT2D eigenvalue weighted by molar-refractivity contribution is 7.89. The van der Waals surface area contributed by atoms with Gasteiger partial charge in [-0.2, -0.15) is 0 Å². The Morgan fingerprint density at radius 1 is 0.933 bits per heavy atom. The summed E-state index contributed by atoms with van der Waals surface area (Å²) in [5.74, 6) is 1.53. The molecule has 156 valence electrons. The van der Waals surface area contributed by atoms with E-state index in [1.807, 2.05) is 18.2 Å². The van der Waals surface area contributed by atoms with E-state index in [2.05, 4.69) is 35.6 Å². The number of aromatic nitrogens is 3. The molecule has 1 amide bonds. The zero-order chi connectivity index (χ0) is 21.4. The first-order valence-corrected chi connectivity index (χ1v) is 10.5. The van der Waals surface area contributed by atoms with Crippen molar-refractivity contribution in [1.82, 2.24) is 19.7 Å².